The third-order valence-corrected chi connectivity index (χ3v) is 7.77. The Morgan fingerprint density at radius 1 is 0.657 bits per heavy atom. The summed E-state index contributed by atoms with van der Waals surface area (Å²) in [4.78, 5) is 18.6. The molecule has 0 unspecified atom stereocenters. The summed E-state index contributed by atoms with van der Waals surface area (Å²) in [6.45, 7) is 3.45. The zero-order valence-electron chi connectivity index (χ0n) is 18.3. The van der Waals surface area contributed by atoms with E-state index in [2.05, 4.69) is 44.9 Å². The summed E-state index contributed by atoms with van der Waals surface area (Å²) >= 11 is 3.26. The van der Waals surface area contributed by atoms with Gasteiger partial charge in [-0.25, -0.2) is 9.97 Å². The molecule has 0 saturated heterocycles. The lowest BCUT2D eigenvalue weighted by atomic mass is 10.2. The lowest BCUT2D eigenvalue weighted by molar-refractivity contribution is 0.596. The average Bonchev–Trinajstić information content (AvgIpc) is 3.68. The Morgan fingerprint density at radius 3 is 1.57 bits per heavy atom. The third kappa shape index (κ3) is 4.29. The van der Waals surface area contributed by atoms with Crippen molar-refractivity contribution in [2.24, 2.45) is 9.98 Å². The summed E-state index contributed by atoms with van der Waals surface area (Å²) in [7, 11) is 0. The summed E-state index contributed by atoms with van der Waals surface area (Å²) in [6.07, 6.45) is 0. The van der Waals surface area contributed by atoms with E-state index in [1.807, 2.05) is 24.3 Å². The monoisotopic (exact) mass is 542 g/mol. The van der Waals surface area contributed by atoms with Crippen molar-refractivity contribution >= 4 is 79.6 Å². The lowest BCUT2D eigenvalue weighted by Gasteiger charge is -2.01. The fraction of sp³-hybridized carbons (Fsp3) is 0.167. The van der Waals surface area contributed by atoms with Crippen molar-refractivity contribution in [1.29, 1.82) is 0 Å². The van der Waals surface area contributed by atoms with E-state index in [1.165, 1.54) is 0 Å². The van der Waals surface area contributed by atoms with Crippen molar-refractivity contribution in [1.82, 2.24) is 20.6 Å². The SMILES string of the molecule is Cl.Cl.c1cc2nc(-c3ccc(-c4nc5ccc(C6=NCCN6)cc5s4)o3)sc2cc1C1=NCCN1. The number of benzene rings is 2. The quantitative estimate of drug-likeness (QED) is 0.318. The Bertz CT molecular complexity index is 1490. The van der Waals surface area contributed by atoms with Gasteiger partial charge in [-0.1, -0.05) is 0 Å². The van der Waals surface area contributed by atoms with Gasteiger partial charge < -0.3 is 15.1 Å². The lowest BCUT2D eigenvalue weighted by Crippen LogP contribution is -2.19. The van der Waals surface area contributed by atoms with Crippen LogP contribution in [-0.2, 0) is 0 Å². The first-order valence-corrected chi connectivity index (χ1v) is 12.4. The maximum absolute atomic E-state index is 6.20. The summed E-state index contributed by atoms with van der Waals surface area (Å²) in [6, 6.07) is 16.5. The number of fused-ring (bicyclic) bond motifs is 2. The number of amidine groups is 2. The number of nitrogens with zero attached hydrogens (tertiary/aromatic N) is 4. The van der Waals surface area contributed by atoms with Crippen LogP contribution in [0.15, 0.2) is 62.9 Å². The molecule has 11 heteroatoms. The van der Waals surface area contributed by atoms with Gasteiger partial charge in [-0.3, -0.25) is 9.98 Å². The highest BCUT2D eigenvalue weighted by molar-refractivity contribution is 7.22. The highest BCUT2D eigenvalue weighted by Crippen LogP contribution is 2.37. The molecule has 2 aliphatic heterocycles. The van der Waals surface area contributed by atoms with Gasteiger partial charge in [-0.2, -0.15) is 0 Å². The predicted molar refractivity (Wildman–Crippen MR) is 149 cm³/mol. The first-order chi connectivity index (χ1) is 16.3. The van der Waals surface area contributed by atoms with Crippen LogP contribution in [0.25, 0.3) is 42.0 Å². The molecule has 2 aromatic carbocycles. The molecule has 0 fully saturated rings. The minimum absolute atomic E-state index is 0. The molecular formula is C24H20Cl2N6OS2. The zero-order valence-corrected chi connectivity index (χ0v) is 21.5. The zero-order chi connectivity index (χ0) is 21.8. The van der Waals surface area contributed by atoms with Gasteiger partial charge in [-0.05, 0) is 48.5 Å². The van der Waals surface area contributed by atoms with Gasteiger partial charge in [0.05, 0.1) is 33.5 Å². The topological polar surface area (TPSA) is 87.7 Å². The van der Waals surface area contributed by atoms with Gasteiger partial charge in [0.1, 0.15) is 11.7 Å². The number of hydrogen-bond donors (Lipinski definition) is 2. The molecule has 0 spiro atoms. The molecule has 35 heavy (non-hydrogen) atoms. The molecule has 0 atom stereocenters. The van der Waals surface area contributed by atoms with Crippen LogP contribution in [0.5, 0.6) is 0 Å². The second kappa shape index (κ2) is 9.58. The molecule has 0 saturated carbocycles. The van der Waals surface area contributed by atoms with Crippen LogP contribution in [-0.4, -0.2) is 47.8 Å². The Hall–Kier alpha value is -2.98. The first-order valence-electron chi connectivity index (χ1n) is 10.8. The van der Waals surface area contributed by atoms with E-state index < -0.39 is 0 Å². The molecule has 2 aliphatic rings. The Kier molecular flexibility index (Phi) is 6.50. The number of thiazole rings is 2. The highest BCUT2D eigenvalue weighted by Gasteiger charge is 2.17. The minimum Gasteiger partial charge on any atom is -0.451 e. The van der Waals surface area contributed by atoms with Crippen molar-refractivity contribution in [2.75, 3.05) is 26.2 Å². The minimum atomic E-state index is 0. The maximum atomic E-state index is 6.20. The molecule has 0 radical (unpaired) electrons. The van der Waals surface area contributed by atoms with Crippen molar-refractivity contribution in [3.8, 4) is 21.5 Å². The Morgan fingerprint density at radius 2 is 1.14 bits per heavy atom. The second-order valence-corrected chi connectivity index (χ2v) is 9.94. The van der Waals surface area contributed by atoms with Crippen molar-refractivity contribution < 1.29 is 4.42 Å². The third-order valence-electron chi connectivity index (χ3n) is 5.70. The molecule has 5 heterocycles. The molecule has 7 rings (SSSR count). The van der Waals surface area contributed by atoms with Crippen LogP contribution >= 0.6 is 47.5 Å². The van der Waals surface area contributed by atoms with Gasteiger partial charge in [0.2, 0.25) is 0 Å². The van der Waals surface area contributed by atoms with E-state index in [0.717, 1.165) is 90.9 Å². The number of halogens is 2. The van der Waals surface area contributed by atoms with Crippen LogP contribution in [0, 0.1) is 0 Å². The van der Waals surface area contributed by atoms with Crippen LogP contribution in [0.2, 0.25) is 0 Å². The van der Waals surface area contributed by atoms with E-state index >= 15 is 0 Å². The van der Waals surface area contributed by atoms with Gasteiger partial charge in [-0.15, -0.1) is 47.5 Å². The second-order valence-electron chi connectivity index (χ2n) is 7.88. The summed E-state index contributed by atoms with van der Waals surface area (Å²) in [5, 5.41) is 8.38. The number of furan rings is 1. The number of hydrogen-bond acceptors (Lipinski definition) is 9. The van der Waals surface area contributed by atoms with E-state index in [-0.39, 0.29) is 24.8 Å². The molecular weight excluding hydrogens is 523 g/mol. The van der Waals surface area contributed by atoms with Gasteiger partial charge in [0.15, 0.2) is 21.5 Å². The number of nitrogens with one attached hydrogen (secondary N) is 2. The Balaban J connectivity index is 0.00000127. The maximum Gasteiger partial charge on any atom is 0.163 e. The van der Waals surface area contributed by atoms with E-state index in [9.17, 15) is 0 Å². The predicted octanol–water partition coefficient (Wildman–Crippen LogP) is 5.38. The molecule has 7 nitrogen and oxygen atoms in total. The Labute approximate surface area is 221 Å². The fourth-order valence-corrected chi connectivity index (χ4v) is 6.04. The number of aromatic nitrogens is 2. The molecule has 5 aromatic rings. The largest absolute Gasteiger partial charge is 0.451 e. The van der Waals surface area contributed by atoms with E-state index in [0.29, 0.717) is 0 Å². The molecule has 0 bridgehead atoms. The average molecular weight is 544 g/mol. The van der Waals surface area contributed by atoms with Crippen LogP contribution < -0.4 is 10.6 Å². The molecule has 0 amide bonds. The summed E-state index contributed by atoms with van der Waals surface area (Å²) in [5.41, 5.74) is 4.13. The molecule has 3 aromatic heterocycles. The smallest absolute Gasteiger partial charge is 0.163 e. The molecule has 0 aliphatic carbocycles. The van der Waals surface area contributed by atoms with Crippen molar-refractivity contribution in [3.63, 3.8) is 0 Å². The number of aliphatic imine (C=N–C) groups is 2. The van der Waals surface area contributed by atoms with Crippen molar-refractivity contribution in [2.45, 2.75) is 0 Å². The molecule has 2 N–H and O–H groups in total. The van der Waals surface area contributed by atoms with Gasteiger partial charge in [0.25, 0.3) is 0 Å². The van der Waals surface area contributed by atoms with Crippen LogP contribution in [0.1, 0.15) is 11.1 Å². The highest BCUT2D eigenvalue weighted by atomic mass is 35.5. The summed E-state index contributed by atoms with van der Waals surface area (Å²) < 4.78 is 8.44. The van der Waals surface area contributed by atoms with Crippen LogP contribution in [0.3, 0.4) is 0 Å². The van der Waals surface area contributed by atoms with E-state index in [1.54, 1.807) is 22.7 Å². The van der Waals surface area contributed by atoms with Gasteiger partial charge >= 0.3 is 0 Å². The fourth-order valence-electron chi connectivity index (χ4n) is 4.10. The molecule has 178 valence electrons. The normalized spacial score (nSPS) is 14.7. The van der Waals surface area contributed by atoms with Crippen LogP contribution in [0.4, 0.5) is 0 Å². The standard InChI is InChI=1S/C24H18N6OS2.2ClH/c1-3-15-19(11-13(1)21-25-7-8-26-21)32-23(29-15)17-5-6-18(31-17)24-30-16-4-2-14(12-20(16)33-24)22-27-9-10-28-22;;/h1-6,11-12H,7-10H2,(H,25,26)(H,27,28);2*1H. The van der Waals surface area contributed by atoms with Gasteiger partial charge in [0, 0.05) is 24.2 Å². The number of rotatable bonds is 4. The van der Waals surface area contributed by atoms with E-state index in [4.69, 9.17) is 14.4 Å². The summed E-state index contributed by atoms with van der Waals surface area (Å²) in [5.74, 6) is 3.44. The van der Waals surface area contributed by atoms with Crippen molar-refractivity contribution in [3.05, 3.63) is 59.7 Å². The first kappa shape index (κ1) is 23.7.